The molecule has 5 heteroatoms. The lowest BCUT2D eigenvalue weighted by Crippen LogP contribution is -2.40. The zero-order valence-electron chi connectivity index (χ0n) is 13.1. The molecule has 1 aromatic heterocycles. The number of nitrogens with zero attached hydrogens (tertiary/aromatic N) is 4. The summed E-state index contributed by atoms with van der Waals surface area (Å²) in [4.78, 5) is 13.3. The van der Waals surface area contributed by atoms with E-state index < -0.39 is 0 Å². The zero-order valence-corrected chi connectivity index (χ0v) is 13.1. The Balaban J connectivity index is 2.13. The van der Waals surface area contributed by atoms with Gasteiger partial charge in [-0.15, -0.1) is 0 Å². The fourth-order valence-corrected chi connectivity index (χ4v) is 2.63. The molecule has 2 heterocycles. The molecule has 5 nitrogen and oxygen atoms in total. The molecule has 112 valence electrons. The molecule has 2 rings (SSSR count). The molecule has 1 saturated heterocycles. The molecule has 0 unspecified atom stereocenters. The van der Waals surface area contributed by atoms with E-state index in [1.54, 1.807) is 0 Å². The van der Waals surface area contributed by atoms with Gasteiger partial charge in [0.15, 0.2) is 0 Å². The third kappa shape index (κ3) is 3.82. The van der Waals surface area contributed by atoms with Gasteiger partial charge in [-0.2, -0.15) is 4.98 Å². The van der Waals surface area contributed by atoms with E-state index in [9.17, 15) is 0 Å². The van der Waals surface area contributed by atoms with E-state index in [2.05, 4.69) is 34.0 Å². The van der Waals surface area contributed by atoms with Crippen LogP contribution < -0.4 is 15.1 Å². The Morgan fingerprint density at radius 3 is 2.60 bits per heavy atom. The van der Waals surface area contributed by atoms with Crippen LogP contribution in [0.4, 0.5) is 11.8 Å². The Hall–Kier alpha value is -1.36. The van der Waals surface area contributed by atoms with Gasteiger partial charge in [0, 0.05) is 32.9 Å². The molecule has 0 saturated carbocycles. The van der Waals surface area contributed by atoms with Crippen molar-refractivity contribution in [2.24, 2.45) is 5.92 Å². The van der Waals surface area contributed by atoms with Crippen LogP contribution in [0.5, 0.6) is 0 Å². The van der Waals surface area contributed by atoms with Crippen molar-refractivity contribution in [3.05, 3.63) is 12.3 Å². The highest BCUT2D eigenvalue weighted by atomic mass is 15.3. The van der Waals surface area contributed by atoms with Crippen molar-refractivity contribution in [2.75, 3.05) is 43.5 Å². The average molecular weight is 277 g/mol. The summed E-state index contributed by atoms with van der Waals surface area (Å²) < 4.78 is 0. The van der Waals surface area contributed by atoms with Crippen LogP contribution in [0.15, 0.2) is 12.3 Å². The Labute approximate surface area is 122 Å². The molecule has 1 aliphatic heterocycles. The molecule has 20 heavy (non-hydrogen) atoms. The Morgan fingerprint density at radius 1 is 1.30 bits per heavy atom. The molecular weight excluding hydrogens is 250 g/mol. The van der Waals surface area contributed by atoms with Crippen molar-refractivity contribution in [1.82, 2.24) is 15.3 Å². The highest BCUT2D eigenvalue weighted by Gasteiger charge is 2.20. The minimum absolute atomic E-state index is 0.454. The summed E-state index contributed by atoms with van der Waals surface area (Å²) in [5.41, 5.74) is 0. The van der Waals surface area contributed by atoms with Crippen molar-refractivity contribution < 1.29 is 0 Å². The lowest BCUT2D eigenvalue weighted by atomic mass is 9.97. The Morgan fingerprint density at radius 2 is 2.00 bits per heavy atom. The molecule has 0 aromatic carbocycles. The van der Waals surface area contributed by atoms with E-state index in [0.29, 0.717) is 6.04 Å². The molecule has 0 aliphatic carbocycles. The fraction of sp³-hybridized carbons (Fsp3) is 0.733. The molecule has 0 bridgehead atoms. The number of anilines is 2. The first-order chi connectivity index (χ1) is 9.58. The topological polar surface area (TPSA) is 44.3 Å². The number of hydrogen-bond donors (Lipinski definition) is 1. The van der Waals surface area contributed by atoms with Crippen LogP contribution >= 0.6 is 0 Å². The first kappa shape index (κ1) is 15.0. The van der Waals surface area contributed by atoms with Gasteiger partial charge in [0.1, 0.15) is 5.82 Å². The van der Waals surface area contributed by atoms with Gasteiger partial charge in [-0.05, 0) is 51.8 Å². The van der Waals surface area contributed by atoms with Gasteiger partial charge < -0.3 is 15.1 Å². The van der Waals surface area contributed by atoms with Crippen molar-refractivity contribution >= 4 is 11.8 Å². The standard InChI is InChI=1S/C15H27N5/c1-12(2)20(11-13-5-8-16-9-6-13)14-7-10-17-15(18-14)19(3)4/h7,10,12-13,16H,5-6,8-9,11H2,1-4H3. The number of piperidine rings is 1. The lowest BCUT2D eigenvalue weighted by molar-refractivity contribution is 0.367. The molecule has 0 radical (unpaired) electrons. The minimum Gasteiger partial charge on any atom is -0.354 e. The van der Waals surface area contributed by atoms with Crippen LogP contribution in [0, 0.1) is 5.92 Å². The summed E-state index contributed by atoms with van der Waals surface area (Å²) in [7, 11) is 3.96. The summed E-state index contributed by atoms with van der Waals surface area (Å²) in [6, 6.07) is 2.48. The fourth-order valence-electron chi connectivity index (χ4n) is 2.63. The number of nitrogens with one attached hydrogen (secondary N) is 1. The average Bonchev–Trinajstić information content (AvgIpc) is 2.45. The van der Waals surface area contributed by atoms with Gasteiger partial charge in [0.25, 0.3) is 0 Å². The van der Waals surface area contributed by atoms with Gasteiger partial charge in [-0.1, -0.05) is 0 Å². The van der Waals surface area contributed by atoms with Crippen LogP contribution in [-0.2, 0) is 0 Å². The zero-order chi connectivity index (χ0) is 14.5. The van der Waals surface area contributed by atoms with Crippen LogP contribution in [0.25, 0.3) is 0 Å². The van der Waals surface area contributed by atoms with Crippen molar-refractivity contribution in [1.29, 1.82) is 0 Å². The molecule has 1 aromatic rings. The highest BCUT2D eigenvalue weighted by Crippen LogP contribution is 2.21. The summed E-state index contributed by atoms with van der Waals surface area (Å²) in [5.74, 6) is 2.58. The third-order valence-corrected chi connectivity index (χ3v) is 3.86. The largest absolute Gasteiger partial charge is 0.354 e. The van der Waals surface area contributed by atoms with E-state index in [1.165, 1.54) is 12.8 Å². The smallest absolute Gasteiger partial charge is 0.226 e. The maximum Gasteiger partial charge on any atom is 0.226 e. The predicted octanol–water partition coefficient (Wildman–Crippen LogP) is 1.76. The summed E-state index contributed by atoms with van der Waals surface area (Å²) in [5, 5.41) is 3.43. The second kappa shape index (κ2) is 6.88. The Bertz CT molecular complexity index is 412. The Kier molecular flexibility index (Phi) is 5.17. The third-order valence-electron chi connectivity index (χ3n) is 3.86. The monoisotopic (exact) mass is 277 g/mol. The molecule has 0 spiro atoms. The first-order valence-electron chi connectivity index (χ1n) is 7.55. The highest BCUT2D eigenvalue weighted by molar-refractivity contribution is 5.43. The summed E-state index contributed by atoms with van der Waals surface area (Å²) in [6.07, 6.45) is 4.37. The van der Waals surface area contributed by atoms with Crippen molar-refractivity contribution in [3.63, 3.8) is 0 Å². The number of hydrogen-bond acceptors (Lipinski definition) is 5. The van der Waals surface area contributed by atoms with Gasteiger partial charge >= 0.3 is 0 Å². The maximum absolute atomic E-state index is 4.68. The minimum atomic E-state index is 0.454. The van der Waals surface area contributed by atoms with E-state index in [-0.39, 0.29) is 0 Å². The van der Waals surface area contributed by atoms with Crippen LogP contribution in [0.1, 0.15) is 26.7 Å². The quantitative estimate of drug-likeness (QED) is 0.888. The maximum atomic E-state index is 4.68. The molecule has 1 aliphatic rings. The number of aromatic nitrogens is 2. The second-order valence-corrected chi connectivity index (χ2v) is 6.05. The van der Waals surface area contributed by atoms with Crippen molar-refractivity contribution in [2.45, 2.75) is 32.7 Å². The molecule has 0 atom stereocenters. The lowest BCUT2D eigenvalue weighted by Gasteiger charge is -2.34. The first-order valence-corrected chi connectivity index (χ1v) is 7.55. The van der Waals surface area contributed by atoms with E-state index in [1.807, 2.05) is 31.3 Å². The molecule has 1 N–H and O–H groups in total. The number of rotatable bonds is 5. The van der Waals surface area contributed by atoms with E-state index in [0.717, 1.165) is 37.3 Å². The van der Waals surface area contributed by atoms with Gasteiger partial charge in [0.05, 0.1) is 0 Å². The van der Waals surface area contributed by atoms with E-state index >= 15 is 0 Å². The van der Waals surface area contributed by atoms with Crippen molar-refractivity contribution in [3.8, 4) is 0 Å². The van der Waals surface area contributed by atoms with Crippen LogP contribution in [-0.4, -0.2) is 49.7 Å². The van der Waals surface area contributed by atoms with Gasteiger partial charge in [0.2, 0.25) is 5.95 Å². The molecule has 0 amide bonds. The normalized spacial score (nSPS) is 16.4. The predicted molar refractivity (Wildman–Crippen MR) is 84.4 cm³/mol. The van der Waals surface area contributed by atoms with Gasteiger partial charge in [-0.25, -0.2) is 4.98 Å². The van der Waals surface area contributed by atoms with Crippen LogP contribution in [0.2, 0.25) is 0 Å². The SMILES string of the molecule is CC(C)N(CC1CCNCC1)c1ccnc(N(C)C)n1. The van der Waals surface area contributed by atoms with Crippen LogP contribution in [0.3, 0.4) is 0 Å². The summed E-state index contributed by atoms with van der Waals surface area (Å²) >= 11 is 0. The molecular formula is C15H27N5. The molecule has 1 fully saturated rings. The van der Waals surface area contributed by atoms with E-state index in [4.69, 9.17) is 0 Å². The second-order valence-electron chi connectivity index (χ2n) is 6.05. The van der Waals surface area contributed by atoms with Gasteiger partial charge in [-0.3, -0.25) is 0 Å². The summed E-state index contributed by atoms with van der Waals surface area (Å²) in [6.45, 7) is 7.84.